The average Bonchev–Trinajstić information content (AvgIpc) is 2.72. The zero-order chi connectivity index (χ0) is 20.9. The molecule has 5 heteroatoms. The van der Waals surface area contributed by atoms with Gasteiger partial charge in [-0.2, -0.15) is 0 Å². The zero-order valence-electron chi connectivity index (χ0n) is 16.9. The van der Waals surface area contributed by atoms with Gasteiger partial charge in [0.25, 0.3) is 11.8 Å². The van der Waals surface area contributed by atoms with Crippen molar-refractivity contribution in [3.05, 3.63) is 95.3 Å². The summed E-state index contributed by atoms with van der Waals surface area (Å²) < 4.78 is 0. The van der Waals surface area contributed by atoms with Gasteiger partial charge in [0.15, 0.2) is 0 Å². The molecule has 0 aliphatic carbocycles. The maximum absolute atomic E-state index is 12.8. The van der Waals surface area contributed by atoms with Crippen LogP contribution in [0.25, 0.3) is 0 Å². The maximum Gasteiger partial charge on any atom is 0.257 e. The number of nitrogens with zero attached hydrogens (tertiary/aromatic N) is 1. The quantitative estimate of drug-likeness (QED) is 0.674. The predicted octanol–water partition coefficient (Wildman–Crippen LogP) is 4.56. The van der Waals surface area contributed by atoms with E-state index < -0.39 is 0 Å². The van der Waals surface area contributed by atoms with Crippen molar-refractivity contribution < 1.29 is 9.59 Å². The summed E-state index contributed by atoms with van der Waals surface area (Å²) in [5.74, 6) is -0.571. The van der Waals surface area contributed by atoms with Crippen LogP contribution in [-0.4, -0.2) is 16.8 Å². The van der Waals surface area contributed by atoms with Gasteiger partial charge in [-0.3, -0.25) is 14.6 Å². The lowest BCUT2D eigenvalue weighted by Gasteiger charge is -2.23. The lowest BCUT2D eigenvalue weighted by Crippen LogP contribution is -2.24. The molecular formula is C24H25N3O2. The van der Waals surface area contributed by atoms with E-state index in [-0.39, 0.29) is 17.2 Å². The number of anilines is 1. The molecule has 2 amide bonds. The van der Waals surface area contributed by atoms with E-state index in [1.165, 1.54) is 12.4 Å². The fraction of sp³-hybridized carbons (Fsp3) is 0.208. The second kappa shape index (κ2) is 8.69. The van der Waals surface area contributed by atoms with Gasteiger partial charge in [-0.05, 0) is 28.7 Å². The van der Waals surface area contributed by atoms with Crippen molar-refractivity contribution in [1.82, 2.24) is 10.3 Å². The van der Waals surface area contributed by atoms with Crippen molar-refractivity contribution in [2.24, 2.45) is 0 Å². The lowest BCUT2D eigenvalue weighted by atomic mass is 9.86. The first kappa shape index (κ1) is 20.3. The molecule has 0 atom stereocenters. The molecule has 0 unspecified atom stereocenters. The van der Waals surface area contributed by atoms with Gasteiger partial charge in [0.05, 0.1) is 11.1 Å². The standard InChI is InChI=1S/C24H25N3O2/c1-24(2,3)20-11-7-8-12-21(20)27-23(29)19-13-18(15-25-16-19)22(28)26-14-17-9-5-4-6-10-17/h4-13,15-16H,14H2,1-3H3,(H,26,28)(H,27,29). The zero-order valence-corrected chi connectivity index (χ0v) is 16.9. The van der Waals surface area contributed by atoms with E-state index in [0.29, 0.717) is 17.7 Å². The largest absolute Gasteiger partial charge is 0.348 e. The molecule has 1 heterocycles. The highest BCUT2D eigenvalue weighted by molar-refractivity contribution is 6.06. The van der Waals surface area contributed by atoms with Gasteiger partial charge in [-0.25, -0.2) is 0 Å². The lowest BCUT2D eigenvalue weighted by molar-refractivity contribution is 0.0950. The number of para-hydroxylation sites is 1. The van der Waals surface area contributed by atoms with Gasteiger partial charge >= 0.3 is 0 Å². The van der Waals surface area contributed by atoms with Gasteiger partial charge in [-0.1, -0.05) is 69.3 Å². The second-order valence-corrected chi connectivity index (χ2v) is 7.88. The SMILES string of the molecule is CC(C)(C)c1ccccc1NC(=O)c1cncc(C(=O)NCc2ccccc2)c1. The Labute approximate surface area is 171 Å². The molecule has 0 spiro atoms. The summed E-state index contributed by atoms with van der Waals surface area (Å²) in [7, 11) is 0. The maximum atomic E-state index is 12.8. The van der Waals surface area contributed by atoms with Crippen LogP contribution in [-0.2, 0) is 12.0 Å². The fourth-order valence-electron chi connectivity index (χ4n) is 3.01. The van der Waals surface area contributed by atoms with E-state index in [0.717, 1.165) is 16.8 Å². The van der Waals surface area contributed by atoms with Crippen LogP contribution in [0.2, 0.25) is 0 Å². The summed E-state index contributed by atoms with van der Waals surface area (Å²) in [6.45, 7) is 6.70. The molecule has 0 saturated carbocycles. The molecule has 1 aromatic heterocycles. The Hall–Kier alpha value is -3.47. The molecule has 0 aliphatic heterocycles. The van der Waals surface area contributed by atoms with Gasteiger partial charge in [0.2, 0.25) is 0 Å². The number of aromatic nitrogens is 1. The molecule has 2 N–H and O–H groups in total. The van der Waals surface area contributed by atoms with Gasteiger partial charge < -0.3 is 10.6 Å². The molecule has 0 bridgehead atoms. The van der Waals surface area contributed by atoms with E-state index in [4.69, 9.17) is 0 Å². The molecule has 29 heavy (non-hydrogen) atoms. The summed E-state index contributed by atoms with van der Waals surface area (Å²) in [6.07, 6.45) is 2.92. The number of rotatable bonds is 5. The summed E-state index contributed by atoms with van der Waals surface area (Å²) in [4.78, 5) is 29.3. The summed E-state index contributed by atoms with van der Waals surface area (Å²) in [6, 6.07) is 18.9. The number of pyridine rings is 1. The van der Waals surface area contributed by atoms with Gasteiger partial charge in [0.1, 0.15) is 0 Å². The van der Waals surface area contributed by atoms with Crippen LogP contribution in [0.3, 0.4) is 0 Å². The first-order chi connectivity index (χ1) is 13.8. The predicted molar refractivity (Wildman–Crippen MR) is 115 cm³/mol. The number of nitrogens with one attached hydrogen (secondary N) is 2. The van der Waals surface area contributed by atoms with Crippen LogP contribution in [0.5, 0.6) is 0 Å². The molecule has 3 rings (SSSR count). The number of benzene rings is 2. The molecule has 0 fully saturated rings. The molecule has 5 nitrogen and oxygen atoms in total. The molecule has 3 aromatic rings. The number of hydrogen-bond acceptors (Lipinski definition) is 3. The smallest absolute Gasteiger partial charge is 0.257 e. The van der Waals surface area contributed by atoms with Crippen molar-refractivity contribution in [1.29, 1.82) is 0 Å². The molecule has 0 aliphatic rings. The van der Waals surface area contributed by atoms with Crippen molar-refractivity contribution in [3.8, 4) is 0 Å². The molecule has 148 valence electrons. The van der Waals surface area contributed by atoms with Gasteiger partial charge in [0, 0.05) is 24.6 Å². The van der Waals surface area contributed by atoms with Crippen molar-refractivity contribution >= 4 is 17.5 Å². The molecular weight excluding hydrogens is 362 g/mol. The minimum atomic E-state index is -0.299. The Kier molecular flexibility index (Phi) is 6.07. The number of amides is 2. The third-order valence-electron chi connectivity index (χ3n) is 4.54. The minimum Gasteiger partial charge on any atom is -0.348 e. The Morgan fingerprint density at radius 3 is 2.17 bits per heavy atom. The summed E-state index contributed by atoms with van der Waals surface area (Å²) in [5, 5.41) is 5.80. The van der Waals surface area contributed by atoms with Crippen molar-refractivity contribution in [3.63, 3.8) is 0 Å². The number of carbonyl (C=O) groups excluding carboxylic acids is 2. The Morgan fingerprint density at radius 1 is 0.862 bits per heavy atom. The van der Waals surface area contributed by atoms with Crippen LogP contribution in [0.15, 0.2) is 73.1 Å². The highest BCUT2D eigenvalue weighted by Gasteiger charge is 2.19. The fourth-order valence-corrected chi connectivity index (χ4v) is 3.01. The third-order valence-corrected chi connectivity index (χ3v) is 4.54. The summed E-state index contributed by atoms with van der Waals surface area (Å²) >= 11 is 0. The van der Waals surface area contributed by atoms with Crippen LogP contribution in [0.4, 0.5) is 5.69 Å². The topological polar surface area (TPSA) is 71.1 Å². The number of carbonyl (C=O) groups is 2. The first-order valence-corrected chi connectivity index (χ1v) is 9.52. The van der Waals surface area contributed by atoms with Crippen LogP contribution in [0, 0.1) is 0 Å². The second-order valence-electron chi connectivity index (χ2n) is 7.88. The first-order valence-electron chi connectivity index (χ1n) is 9.52. The highest BCUT2D eigenvalue weighted by Crippen LogP contribution is 2.29. The number of hydrogen-bond donors (Lipinski definition) is 2. The Morgan fingerprint density at radius 2 is 1.48 bits per heavy atom. The van der Waals surface area contributed by atoms with E-state index >= 15 is 0 Å². The van der Waals surface area contributed by atoms with Crippen LogP contribution in [0.1, 0.15) is 52.6 Å². The molecule has 0 saturated heterocycles. The minimum absolute atomic E-state index is 0.110. The Bertz CT molecular complexity index is 1010. The van der Waals surface area contributed by atoms with Crippen molar-refractivity contribution in [2.45, 2.75) is 32.7 Å². The summed E-state index contributed by atoms with van der Waals surface area (Å²) in [5.41, 5.74) is 3.36. The third kappa shape index (κ3) is 5.29. The molecule has 0 radical (unpaired) electrons. The van der Waals surface area contributed by atoms with Crippen molar-refractivity contribution in [2.75, 3.05) is 5.32 Å². The molecule has 2 aromatic carbocycles. The normalized spacial score (nSPS) is 11.0. The highest BCUT2D eigenvalue weighted by atomic mass is 16.2. The van der Waals surface area contributed by atoms with Crippen LogP contribution >= 0.6 is 0 Å². The van der Waals surface area contributed by atoms with E-state index in [1.54, 1.807) is 6.07 Å². The average molecular weight is 387 g/mol. The van der Waals surface area contributed by atoms with E-state index in [2.05, 4.69) is 36.4 Å². The monoisotopic (exact) mass is 387 g/mol. The van der Waals surface area contributed by atoms with Gasteiger partial charge in [-0.15, -0.1) is 0 Å². The van der Waals surface area contributed by atoms with Crippen LogP contribution < -0.4 is 10.6 Å². The Balaban J connectivity index is 1.72. The van der Waals surface area contributed by atoms with E-state index in [9.17, 15) is 9.59 Å². The van der Waals surface area contributed by atoms with E-state index in [1.807, 2.05) is 54.6 Å².